The van der Waals surface area contributed by atoms with Crippen molar-refractivity contribution in [1.82, 2.24) is 0 Å². The van der Waals surface area contributed by atoms with Crippen molar-refractivity contribution >= 4 is 0 Å². The molecule has 6 rings (SSSR count). The van der Waals surface area contributed by atoms with E-state index in [1.165, 1.54) is 42.5 Å². The van der Waals surface area contributed by atoms with Gasteiger partial charge in [0.2, 0.25) is 0 Å². The lowest BCUT2D eigenvalue weighted by atomic mass is 9.70. The number of rotatable bonds is 3. The fraction of sp³-hybridized carbons (Fsp3) is 0.267. The van der Waals surface area contributed by atoms with E-state index in [1.54, 1.807) is 0 Å². The number of aliphatic hydroxyl groups excluding tert-OH is 4. The standard InChI is InChI=1S/C30H28O12/c31-13-7-20(37)24-23(8-13)41-29(12-2-4-16(33)19(36)6-12)27(40)26(24)25-21(38)10-17(34)14-9-22(39)28(42-30(14)25)11-1-3-15(32)18(35)5-11/h1-8,10,14,22,26-40H,9H2/t14?,22-,26+,27+,28-,29-,30?/m1/s1. The zero-order chi connectivity index (χ0) is 30.0. The largest absolute Gasteiger partial charge is 0.512 e. The summed E-state index contributed by atoms with van der Waals surface area (Å²) in [5.74, 6) is -5.51. The molecule has 12 heteroatoms. The second kappa shape index (κ2) is 9.94. The van der Waals surface area contributed by atoms with E-state index in [0.29, 0.717) is 5.56 Å². The van der Waals surface area contributed by atoms with Crippen LogP contribution in [0.25, 0.3) is 0 Å². The molecule has 2 heterocycles. The molecular formula is C30H28O12. The number of phenols is 6. The lowest BCUT2D eigenvalue weighted by molar-refractivity contribution is -0.139. The van der Waals surface area contributed by atoms with Gasteiger partial charge >= 0.3 is 0 Å². The summed E-state index contributed by atoms with van der Waals surface area (Å²) in [5, 5.41) is 106. The molecule has 12 nitrogen and oxygen atoms in total. The second-order valence-corrected chi connectivity index (χ2v) is 10.7. The maximum Gasteiger partial charge on any atom is 0.157 e. The van der Waals surface area contributed by atoms with Gasteiger partial charge in [0.1, 0.15) is 41.0 Å². The molecule has 0 saturated carbocycles. The molecule has 0 aromatic heterocycles. The molecule has 0 radical (unpaired) electrons. The third-order valence-electron chi connectivity index (χ3n) is 8.08. The van der Waals surface area contributed by atoms with Crippen LogP contribution in [0.1, 0.15) is 41.2 Å². The predicted octanol–water partition coefficient (Wildman–Crippen LogP) is 3.27. The van der Waals surface area contributed by atoms with Crippen molar-refractivity contribution in [3.63, 3.8) is 0 Å². The summed E-state index contributed by atoms with van der Waals surface area (Å²) in [6.07, 6.45) is -5.24. The Kier molecular flexibility index (Phi) is 6.49. The number of hydrogen-bond acceptors (Lipinski definition) is 12. The lowest BCUT2D eigenvalue weighted by Gasteiger charge is -2.46. The third-order valence-corrected chi connectivity index (χ3v) is 8.08. The molecule has 1 saturated heterocycles. The van der Waals surface area contributed by atoms with Crippen LogP contribution in [0, 0.1) is 5.92 Å². The number of aromatic hydroxyl groups is 6. The van der Waals surface area contributed by atoms with E-state index in [-0.39, 0.29) is 46.1 Å². The number of aliphatic hydroxyl groups is 4. The average Bonchev–Trinajstić information content (AvgIpc) is 2.93. The molecule has 0 spiro atoms. The van der Waals surface area contributed by atoms with Crippen LogP contribution in [0.5, 0.6) is 40.2 Å². The monoisotopic (exact) mass is 580 g/mol. The van der Waals surface area contributed by atoms with Gasteiger partial charge in [-0.15, -0.1) is 0 Å². The van der Waals surface area contributed by atoms with Gasteiger partial charge in [0.15, 0.2) is 29.1 Å². The normalized spacial score (nSPS) is 28.8. The quantitative estimate of drug-likeness (QED) is 0.202. The molecular weight excluding hydrogens is 552 g/mol. The van der Waals surface area contributed by atoms with Gasteiger partial charge in [0.25, 0.3) is 0 Å². The third kappa shape index (κ3) is 4.36. The first-order chi connectivity index (χ1) is 19.9. The molecule has 220 valence electrons. The van der Waals surface area contributed by atoms with Crippen LogP contribution in [0.15, 0.2) is 71.7 Å². The molecule has 1 aliphatic carbocycles. The van der Waals surface area contributed by atoms with Crippen molar-refractivity contribution in [2.24, 2.45) is 5.92 Å². The maximum atomic E-state index is 11.8. The van der Waals surface area contributed by atoms with Crippen LogP contribution in [0.4, 0.5) is 0 Å². The van der Waals surface area contributed by atoms with Crippen LogP contribution in [0.2, 0.25) is 0 Å². The highest BCUT2D eigenvalue weighted by atomic mass is 16.5. The van der Waals surface area contributed by atoms with Gasteiger partial charge in [-0.3, -0.25) is 0 Å². The Balaban J connectivity index is 1.49. The van der Waals surface area contributed by atoms with E-state index in [9.17, 15) is 51.1 Å². The van der Waals surface area contributed by atoms with Crippen LogP contribution < -0.4 is 4.74 Å². The van der Waals surface area contributed by atoms with Crippen LogP contribution in [-0.4, -0.2) is 69.4 Å². The number of ether oxygens (including phenoxy) is 2. The Hall–Kier alpha value is -4.78. The summed E-state index contributed by atoms with van der Waals surface area (Å²) < 4.78 is 12.2. The molecule has 42 heavy (non-hydrogen) atoms. The highest BCUT2D eigenvalue weighted by molar-refractivity contribution is 5.58. The van der Waals surface area contributed by atoms with Crippen molar-refractivity contribution < 1.29 is 60.5 Å². The number of fused-ring (bicyclic) bond motifs is 2. The molecule has 3 aromatic carbocycles. The molecule has 2 aliphatic heterocycles. The van der Waals surface area contributed by atoms with Gasteiger partial charge in [-0.25, -0.2) is 0 Å². The van der Waals surface area contributed by atoms with Crippen molar-refractivity contribution in [2.75, 3.05) is 0 Å². The number of hydrogen-bond donors (Lipinski definition) is 10. The Morgan fingerprint density at radius 2 is 1.26 bits per heavy atom. The molecule has 0 bridgehead atoms. The van der Waals surface area contributed by atoms with Crippen LogP contribution >= 0.6 is 0 Å². The predicted molar refractivity (Wildman–Crippen MR) is 144 cm³/mol. The summed E-state index contributed by atoms with van der Waals surface area (Å²) in [4.78, 5) is 0. The van der Waals surface area contributed by atoms with Crippen molar-refractivity contribution in [3.8, 4) is 40.2 Å². The van der Waals surface area contributed by atoms with E-state index in [0.717, 1.165) is 12.1 Å². The van der Waals surface area contributed by atoms with Gasteiger partial charge in [-0.2, -0.15) is 0 Å². The fourth-order valence-corrected chi connectivity index (χ4v) is 6.13. The van der Waals surface area contributed by atoms with Crippen LogP contribution in [0.3, 0.4) is 0 Å². The zero-order valence-corrected chi connectivity index (χ0v) is 21.7. The Morgan fingerprint density at radius 3 is 1.88 bits per heavy atom. The van der Waals surface area contributed by atoms with Gasteiger partial charge < -0.3 is 60.5 Å². The highest BCUT2D eigenvalue weighted by Gasteiger charge is 2.51. The summed E-state index contributed by atoms with van der Waals surface area (Å²) in [7, 11) is 0. The molecule has 10 N–H and O–H groups in total. The van der Waals surface area contributed by atoms with Crippen molar-refractivity contribution in [1.29, 1.82) is 0 Å². The number of allylic oxidation sites excluding steroid dienone is 1. The zero-order valence-electron chi connectivity index (χ0n) is 21.7. The van der Waals surface area contributed by atoms with Crippen molar-refractivity contribution in [3.05, 3.63) is 88.4 Å². The minimum Gasteiger partial charge on any atom is -0.512 e. The highest BCUT2D eigenvalue weighted by Crippen LogP contribution is 2.55. The number of phenolic OH excluding ortho intramolecular Hbond substituents is 6. The first kappa shape index (κ1) is 27.4. The molecule has 7 atom stereocenters. The Morgan fingerprint density at radius 1 is 0.643 bits per heavy atom. The maximum absolute atomic E-state index is 11.8. The first-order valence-corrected chi connectivity index (χ1v) is 13.1. The van der Waals surface area contributed by atoms with Crippen molar-refractivity contribution in [2.45, 2.75) is 42.9 Å². The molecule has 3 aliphatic rings. The summed E-state index contributed by atoms with van der Waals surface area (Å²) in [5.41, 5.74) is 0.550. The van der Waals surface area contributed by atoms with E-state index >= 15 is 0 Å². The topological polar surface area (TPSA) is 221 Å². The van der Waals surface area contributed by atoms with Crippen LogP contribution in [-0.2, 0) is 4.74 Å². The number of benzene rings is 3. The Bertz CT molecular complexity index is 1630. The average molecular weight is 581 g/mol. The molecule has 3 aromatic rings. The summed E-state index contributed by atoms with van der Waals surface area (Å²) >= 11 is 0. The minimum atomic E-state index is -1.56. The second-order valence-electron chi connectivity index (χ2n) is 10.7. The summed E-state index contributed by atoms with van der Waals surface area (Å²) in [6, 6.07) is 9.89. The smallest absolute Gasteiger partial charge is 0.157 e. The fourth-order valence-electron chi connectivity index (χ4n) is 6.13. The van der Waals surface area contributed by atoms with E-state index in [1.807, 2.05) is 0 Å². The Labute approximate surface area is 238 Å². The summed E-state index contributed by atoms with van der Waals surface area (Å²) in [6.45, 7) is 0. The van der Waals surface area contributed by atoms with E-state index in [2.05, 4.69) is 0 Å². The van der Waals surface area contributed by atoms with Gasteiger partial charge in [0, 0.05) is 41.2 Å². The van der Waals surface area contributed by atoms with E-state index < -0.39 is 71.1 Å². The minimum absolute atomic E-state index is 0.00295. The van der Waals surface area contributed by atoms with Gasteiger partial charge in [0.05, 0.1) is 12.2 Å². The SMILES string of the molecule is OC1=CC(O)=C([C@@H]2c3c(O)cc(O)cc3O[C@H](c3ccc(O)c(O)c3)[C@H]2O)C2O[C@H](c3ccc(O)c(O)c3)[C@H](O)CC12. The molecule has 2 unspecified atom stereocenters. The van der Waals surface area contributed by atoms with Gasteiger partial charge in [-0.05, 0) is 41.8 Å². The lowest BCUT2D eigenvalue weighted by Crippen LogP contribution is -2.47. The van der Waals surface area contributed by atoms with Gasteiger partial charge in [-0.1, -0.05) is 12.1 Å². The first-order valence-electron chi connectivity index (χ1n) is 13.1. The molecule has 0 amide bonds. The molecule has 1 fully saturated rings. The van der Waals surface area contributed by atoms with E-state index in [4.69, 9.17) is 9.47 Å².